The van der Waals surface area contributed by atoms with E-state index in [9.17, 15) is 0 Å². The van der Waals surface area contributed by atoms with Gasteiger partial charge in [-0.1, -0.05) is 4.94 Å². The van der Waals surface area contributed by atoms with Gasteiger partial charge in [-0.3, -0.25) is 0 Å². The summed E-state index contributed by atoms with van der Waals surface area (Å²) in [6.45, 7) is 2.55. The van der Waals surface area contributed by atoms with E-state index in [-0.39, 0.29) is 4.81 Å². The summed E-state index contributed by atoms with van der Waals surface area (Å²) in [5.74, 6) is 0. The molecule has 0 spiro atoms. The Hall–Kier alpha value is -0.160. The molecule has 0 aromatic rings. The zero-order chi connectivity index (χ0) is 7.33. The topological polar surface area (TPSA) is 30.5 Å². The van der Waals surface area contributed by atoms with Crippen LogP contribution in [-0.4, -0.2) is 32.6 Å². The maximum absolute atomic E-state index is 5.12. The fraction of sp³-hybridized carbons (Fsp3) is 1.00. The monoisotopic (exact) mass is 135 g/mol. The van der Waals surface area contributed by atoms with E-state index in [1.165, 1.54) is 0 Å². The fourth-order valence-electron chi connectivity index (χ4n) is 0.557. The predicted octanol–water partition coefficient (Wildman–Crippen LogP) is 0.0803. The Bertz CT molecular complexity index is 67.4. The number of nitrogens with one attached hydrogen (secondary N) is 1. The van der Waals surface area contributed by atoms with Crippen LogP contribution in [-0.2, 0) is 9.78 Å². The first-order valence-electron chi connectivity index (χ1n) is 2.96. The minimum absolute atomic E-state index is 0.0764. The lowest BCUT2D eigenvalue weighted by molar-refractivity contribution is -1.23. The molecule has 56 valence electrons. The Kier molecular flexibility index (Phi) is 3.72. The highest BCUT2D eigenvalue weighted by Crippen LogP contribution is 1.95. The van der Waals surface area contributed by atoms with E-state index < -0.39 is 0 Å². The van der Waals surface area contributed by atoms with Gasteiger partial charge in [0, 0.05) is 7.05 Å². The number of hydroxylamine groups is 5. The molecule has 0 atom stereocenters. The molecular formula is C5H15N2O2+. The van der Waals surface area contributed by atoms with Crippen molar-refractivity contribution >= 4 is 0 Å². The molecule has 0 bridgehead atoms. The number of quaternary nitrogens is 1. The highest BCUT2D eigenvalue weighted by molar-refractivity contribution is 3.93. The summed E-state index contributed by atoms with van der Waals surface area (Å²) in [5, 5.41) is 0. The van der Waals surface area contributed by atoms with Crippen molar-refractivity contribution in [3.05, 3.63) is 0 Å². The number of hydrogen-bond acceptors (Lipinski definition) is 3. The molecule has 0 aliphatic carbocycles. The summed E-state index contributed by atoms with van der Waals surface area (Å²) in [6, 6.07) is 0. The van der Waals surface area contributed by atoms with Crippen molar-refractivity contribution in [3.8, 4) is 0 Å². The number of hydrogen-bond donors (Lipinski definition) is 1. The molecule has 4 nitrogen and oxygen atoms in total. The van der Waals surface area contributed by atoms with E-state index in [0.717, 1.165) is 0 Å². The molecule has 0 aliphatic rings. The lowest BCUT2D eigenvalue weighted by Crippen LogP contribution is -2.43. The van der Waals surface area contributed by atoms with E-state index >= 15 is 0 Å². The van der Waals surface area contributed by atoms with Crippen molar-refractivity contribution in [1.82, 2.24) is 5.48 Å². The van der Waals surface area contributed by atoms with Gasteiger partial charge in [0.15, 0.2) is 0 Å². The molecule has 0 rings (SSSR count). The third-order valence-corrected chi connectivity index (χ3v) is 0.751. The van der Waals surface area contributed by atoms with Crippen LogP contribution in [0.5, 0.6) is 0 Å². The van der Waals surface area contributed by atoms with Gasteiger partial charge in [0.05, 0.1) is 0 Å². The highest BCUT2D eigenvalue weighted by Gasteiger charge is 2.16. The van der Waals surface area contributed by atoms with Crippen LogP contribution in [0.3, 0.4) is 0 Å². The van der Waals surface area contributed by atoms with Gasteiger partial charge in [-0.25, -0.2) is 0 Å². The van der Waals surface area contributed by atoms with E-state index in [2.05, 4.69) is 5.48 Å². The number of rotatable bonds is 4. The minimum Gasteiger partial charge on any atom is -0.167 e. The molecule has 0 aromatic heterocycles. The second kappa shape index (κ2) is 3.79. The third-order valence-electron chi connectivity index (χ3n) is 0.751. The van der Waals surface area contributed by atoms with Gasteiger partial charge in [-0.15, -0.1) is 5.48 Å². The van der Waals surface area contributed by atoms with Gasteiger partial charge >= 0.3 is 0 Å². The second-order valence-electron chi connectivity index (χ2n) is 1.97. The lowest BCUT2D eigenvalue weighted by Gasteiger charge is -2.21. The van der Waals surface area contributed by atoms with Crippen LogP contribution < -0.4 is 5.48 Å². The molecule has 0 unspecified atom stereocenters. The molecule has 1 N–H and O–H groups in total. The largest absolute Gasteiger partial charge is 0.167 e. The van der Waals surface area contributed by atoms with Gasteiger partial charge in [0.1, 0.15) is 20.7 Å². The van der Waals surface area contributed by atoms with Gasteiger partial charge in [0.2, 0.25) is 0 Å². The molecule has 0 saturated carbocycles. The van der Waals surface area contributed by atoms with Gasteiger partial charge in [-0.05, 0) is 11.7 Å². The summed E-state index contributed by atoms with van der Waals surface area (Å²) >= 11 is 0. The van der Waals surface area contributed by atoms with Crippen LogP contribution in [0.2, 0.25) is 0 Å². The summed E-state index contributed by atoms with van der Waals surface area (Å²) in [4.78, 5) is 10.1. The maximum atomic E-state index is 5.12. The number of nitrogens with zero attached hydrogens (tertiary/aromatic N) is 1. The van der Waals surface area contributed by atoms with Gasteiger partial charge < -0.3 is 0 Å². The molecule has 4 heteroatoms. The normalized spacial score (nSPS) is 12.0. The van der Waals surface area contributed by atoms with Crippen LogP contribution >= 0.6 is 0 Å². The van der Waals surface area contributed by atoms with Crippen LogP contribution in [0.15, 0.2) is 0 Å². The molecule has 0 amide bonds. The fourth-order valence-corrected chi connectivity index (χ4v) is 0.557. The minimum atomic E-state index is 0.0764. The molecule has 0 fully saturated rings. The van der Waals surface area contributed by atoms with Crippen molar-refractivity contribution in [2.45, 2.75) is 6.92 Å². The molecule has 0 saturated heterocycles. The molecule has 0 heterocycles. The summed E-state index contributed by atoms with van der Waals surface area (Å²) in [6.07, 6.45) is 0. The predicted molar refractivity (Wildman–Crippen MR) is 33.9 cm³/mol. The van der Waals surface area contributed by atoms with E-state index in [4.69, 9.17) is 9.78 Å². The average molecular weight is 135 g/mol. The van der Waals surface area contributed by atoms with Crippen molar-refractivity contribution in [1.29, 1.82) is 0 Å². The highest BCUT2D eigenvalue weighted by atomic mass is 17.0. The molecular weight excluding hydrogens is 120 g/mol. The Balaban J connectivity index is 3.43. The van der Waals surface area contributed by atoms with Crippen molar-refractivity contribution in [2.75, 3.05) is 27.7 Å². The third kappa shape index (κ3) is 4.35. The Morgan fingerprint density at radius 3 is 2.33 bits per heavy atom. The van der Waals surface area contributed by atoms with Crippen LogP contribution in [0, 0.1) is 0 Å². The van der Waals surface area contributed by atoms with E-state index in [1.54, 1.807) is 21.1 Å². The van der Waals surface area contributed by atoms with E-state index in [0.29, 0.717) is 6.61 Å². The average Bonchev–Trinajstić information content (AvgIpc) is 1.64. The second-order valence-corrected chi connectivity index (χ2v) is 1.97. The quantitative estimate of drug-likeness (QED) is 0.437. The Morgan fingerprint density at radius 1 is 1.44 bits per heavy atom. The molecule has 9 heavy (non-hydrogen) atoms. The van der Waals surface area contributed by atoms with Crippen molar-refractivity contribution in [3.63, 3.8) is 0 Å². The Labute approximate surface area is 55.8 Å². The maximum Gasteiger partial charge on any atom is 0.134 e. The SMILES string of the molecule is CCO[N+](C)(C)ONC. The molecule has 0 aliphatic heterocycles. The van der Waals surface area contributed by atoms with Gasteiger partial charge in [-0.2, -0.15) is 4.84 Å². The van der Waals surface area contributed by atoms with Gasteiger partial charge in [0.25, 0.3) is 0 Å². The van der Waals surface area contributed by atoms with Crippen molar-refractivity contribution < 1.29 is 14.6 Å². The van der Waals surface area contributed by atoms with Crippen molar-refractivity contribution in [2.24, 2.45) is 0 Å². The standard InChI is InChI=1S/C5H15N2O2/c1-5-8-7(3,4)9-6-2/h6H,5H2,1-4H3/q+1. The molecule has 0 radical (unpaired) electrons. The molecule has 0 aromatic carbocycles. The summed E-state index contributed by atoms with van der Waals surface area (Å²) in [5.41, 5.74) is 2.54. The van der Waals surface area contributed by atoms with E-state index in [1.807, 2.05) is 6.92 Å². The Morgan fingerprint density at radius 2 is 2.00 bits per heavy atom. The summed E-state index contributed by atoms with van der Waals surface area (Å²) in [7, 11) is 5.28. The van der Waals surface area contributed by atoms with Crippen LogP contribution in [0.25, 0.3) is 0 Å². The first kappa shape index (κ1) is 8.84. The summed E-state index contributed by atoms with van der Waals surface area (Å²) < 4.78 is 0. The zero-order valence-electron chi connectivity index (χ0n) is 6.47. The first-order valence-corrected chi connectivity index (χ1v) is 2.96. The first-order chi connectivity index (χ1) is 4.12. The smallest absolute Gasteiger partial charge is 0.134 e. The van der Waals surface area contributed by atoms with Crippen LogP contribution in [0.4, 0.5) is 0 Å². The lowest BCUT2D eigenvalue weighted by atomic mass is 10.9. The van der Waals surface area contributed by atoms with Crippen LogP contribution in [0.1, 0.15) is 6.92 Å². The zero-order valence-corrected chi connectivity index (χ0v) is 6.47.